The molecule has 0 atom stereocenters. The van der Waals surface area contributed by atoms with Crippen LogP contribution in [-0.2, 0) is 11.3 Å². The largest absolute Gasteiger partial charge is 0.358 e. The smallest absolute Gasteiger partial charge is 0.134 e. The molecule has 4 nitrogen and oxygen atoms in total. The van der Waals surface area contributed by atoms with Gasteiger partial charge in [-0.1, -0.05) is 30.3 Å². The molecule has 2 heterocycles. The minimum absolute atomic E-state index is 0. The van der Waals surface area contributed by atoms with Gasteiger partial charge in [0.25, 0.3) is 0 Å². The molecule has 2 aliphatic rings. The van der Waals surface area contributed by atoms with Crippen LogP contribution in [-0.4, -0.2) is 48.9 Å². The number of likely N-dealkylation sites (N-methyl/N-ethyl adjacent to an activating group) is 1. The van der Waals surface area contributed by atoms with Gasteiger partial charge in [-0.25, -0.2) is 10.4 Å². The first-order valence-corrected chi connectivity index (χ1v) is 7.15. The SMILES string of the molecule is CN1CCOC2(CCN(Cc3ccccc3)CC2)N1.Cl.Cl. The van der Waals surface area contributed by atoms with Crippen molar-refractivity contribution in [1.82, 2.24) is 15.3 Å². The third-order valence-corrected chi connectivity index (χ3v) is 4.11. The zero-order valence-corrected chi connectivity index (χ0v) is 14.1. The molecule has 0 bridgehead atoms. The highest BCUT2D eigenvalue weighted by atomic mass is 35.5. The van der Waals surface area contributed by atoms with Gasteiger partial charge in [0.2, 0.25) is 0 Å². The second-order valence-electron chi connectivity index (χ2n) is 5.64. The average Bonchev–Trinajstić information content (AvgIpc) is 2.43. The van der Waals surface area contributed by atoms with Crippen LogP contribution in [0, 0.1) is 0 Å². The Morgan fingerprint density at radius 1 is 1.10 bits per heavy atom. The fourth-order valence-electron chi connectivity index (χ4n) is 2.98. The Bertz CT molecular complexity index is 411. The number of hydrogen-bond acceptors (Lipinski definition) is 4. The second kappa shape index (κ2) is 8.32. The van der Waals surface area contributed by atoms with Crippen molar-refractivity contribution in [3.63, 3.8) is 0 Å². The van der Waals surface area contributed by atoms with E-state index in [9.17, 15) is 0 Å². The molecule has 2 fully saturated rings. The normalized spacial score (nSPS) is 22.3. The van der Waals surface area contributed by atoms with E-state index >= 15 is 0 Å². The highest BCUT2D eigenvalue weighted by Crippen LogP contribution is 2.26. The van der Waals surface area contributed by atoms with Gasteiger partial charge in [-0.15, -0.1) is 24.8 Å². The monoisotopic (exact) mass is 333 g/mol. The van der Waals surface area contributed by atoms with Crippen LogP contribution < -0.4 is 5.43 Å². The standard InChI is InChI=1S/C15H23N3O.2ClH/c1-17-11-12-19-15(16-17)7-9-18(10-8-15)13-14-5-3-2-4-6-14;;/h2-6,16H,7-13H2,1H3;2*1H. The molecule has 1 spiro atoms. The molecule has 21 heavy (non-hydrogen) atoms. The van der Waals surface area contributed by atoms with E-state index in [1.54, 1.807) is 0 Å². The summed E-state index contributed by atoms with van der Waals surface area (Å²) >= 11 is 0. The minimum Gasteiger partial charge on any atom is -0.358 e. The van der Waals surface area contributed by atoms with E-state index < -0.39 is 0 Å². The fourth-order valence-corrected chi connectivity index (χ4v) is 2.98. The molecule has 6 heteroatoms. The van der Waals surface area contributed by atoms with Crippen molar-refractivity contribution in [3.8, 4) is 0 Å². The van der Waals surface area contributed by atoms with Gasteiger partial charge in [-0.2, -0.15) is 0 Å². The maximum absolute atomic E-state index is 6.00. The van der Waals surface area contributed by atoms with Gasteiger partial charge in [0, 0.05) is 46.1 Å². The lowest BCUT2D eigenvalue weighted by atomic mass is 9.99. The molecule has 2 aliphatic heterocycles. The molecular formula is C15H25Cl2N3O. The number of benzene rings is 1. The van der Waals surface area contributed by atoms with Gasteiger partial charge in [0.05, 0.1) is 6.61 Å². The minimum atomic E-state index is -0.111. The Morgan fingerprint density at radius 2 is 1.76 bits per heavy atom. The number of ether oxygens (including phenoxy) is 1. The van der Waals surface area contributed by atoms with Crippen LogP contribution >= 0.6 is 24.8 Å². The molecule has 0 radical (unpaired) electrons. The molecule has 0 aromatic heterocycles. The van der Waals surface area contributed by atoms with Crippen LogP contribution in [0.15, 0.2) is 30.3 Å². The van der Waals surface area contributed by atoms with Crippen molar-refractivity contribution in [3.05, 3.63) is 35.9 Å². The Morgan fingerprint density at radius 3 is 2.38 bits per heavy atom. The summed E-state index contributed by atoms with van der Waals surface area (Å²) in [4.78, 5) is 2.51. The summed E-state index contributed by atoms with van der Waals surface area (Å²) in [6.45, 7) is 5.04. The quantitative estimate of drug-likeness (QED) is 0.898. The summed E-state index contributed by atoms with van der Waals surface area (Å²) in [6, 6.07) is 10.7. The summed E-state index contributed by atoms with van der Waals surface area (Å²) in [6.07, 6.45) is 2.12. The number of piperidine rings is 1. The fraction of sp³-hybridized carbons (Fsp3) is 0.600. The summed E-state index contributed by atoms with van der Waals surface area (Å²) < 4.78 is 6.00. The Balaban J connectivity index is 0.00000110. The lowest BCUT2D eigenvalue weighted by molar-refractivity contribution is -0.178. The second-order valence-corrected chi connectivity index (χ2v) is 5.64. The summed E-state index contributed by atoms with van der Waals surface area (Å²) in [5.74, 6) is 0. The van der Waals surface area contributed by atoms with E-state index in [0.717, 1.165) is 45.6 Å². The number of hydrogen-bond donors (Lipinski definition) is 1. The summed E-state index contributed by atoms with van der Waals surface area (Å²) in [5.41, 5.74) is 4.79. The van der Waals surface area contributed by atoms with Gasteiger partial charge in [0.15, 0.2) is 0 Å². The summed E-state index contributed by atoms with van der Waals surface area (Å²) in [7, 11) is 2.10. The first kappa shape index (κ1) is 18.7. The maximum atomic E-state index is 6.00. The summed E-state index contributed by atoms with van der Waals surface area (Å²) in [5, 5.41) is 2.16. The van der Waals surface area contributed by atoms with Crippen molar-refractivity contribution < 1.29 is 4.74 Å². The highest BCUT2D eigenvalue weighted by molar-refractivity contribution is 5.85. The van der Waals surface area contributed by atoms with Crippen LogP contribution in [0.1, 0.15) is 18.4 Å². The molecular weight excluding hydrogens is 309 g/mol. The van der Waals surface area contributed by atoms with Crippen molar-refractivity contribution in [1.29, 1.82) is 0 Å². The number of rotatable bonds is 2. The van der Waals surface area contributed by atoms with Crippen LogP contribution in [0.5, 0.6) is 0 Å². The van der Waals surface area contributed by atoms with Crippen LogP contribution in [0.2, 0.25) is 0 Å². The first-order chi connectivity index (χ1) is 9.26. The molecule has 0 unspecified atom stereocenters. The third kappa shape index (κ3) is 4.81. The molecule has 1 N–H and O–H groups in total. The van der Waals surface area contributed by atoms with Crippen molar-refractivity contribution >= 4 is 24.8 Å². The van der Waals surface area contributed by atoms with Gasteiger partial charge >= 0.3 is 0 Å². The van der Waals surface area contributed by atoms with Crippen molar-refractivity contribution in [2.75, 3.05) is 33.3 Å². The predicted molar refractivity (Wildman–Crippen MR) is 89.9 cm³/mol. The zero-order valence-electron chi connectivity index (χ0n) is 12.5. The van der Waals surface area contributed by atoms with Crippen LogP contribution in [0.3, 0.4) is 0 Å². The maximum Gasteiger partial charge on any atom is 0.134 e. The van der Waals surface area contributed by atoms with Crippen LogP contribution in [0.25, 0.3) is 0 Å². The van der Waals surface area contributed by atoms with E-state index in [1.165, 1.54) is 5.56 Å². The van der Waals surface area contributed by atoms with E-state index in [-0.39, 0.29) is 30.5 Å². The van der Waals surface area contributed by atoms with Gasteiger partial charge in [-0.3, -0.25) is 4.90 Å². The van der Waals surface area contributed by atoms with Gasteiger partial charge in [-0.05, 0) is 5.56 Å². The van der Waals surface area contributed by atoms with Crippen LogP contribution in [0.4, 0.5) is 0 Å². The molecule has 0 amide bonds. The van der Waals surface area contributed by atoms with E-state index in [4.69, 9.17) is 4.74 Å². The van der Waals surface area contributed by atoms with E-state index in [2.05, 4.69) is 52.7 Å². The first-order valence-electron chi connectivity index (χ1n) is 7.15. The number of hydrazine groups is 1. The molecule has 0 saturated carbocycles. The average molecular weight is 334 g/mol. The Labute approximate surface area is 139 Å². The number of nitrogens with one attached hydrogen (secondary N) is 1. The third-order valence-electron chi connectivity index (χ3n) is 4.11. The number of likely N-dealkylation sites (tertiary alicyclic amines) is 1. The molecule has 0 aliphatic carbocycles. The zero-order chi connectivity index (χ0) is 13.1. The van der Waals surface area contributed by atoms with Gasteiger partial charge < -0.3 is 4.74 Å². The van der Waals surface area contributed by atoms with Crippen molar-refractivity contribution in [2.24, 2.45) is 0 Å². The number of nitrogens with zero attached hydrogens (tertiary/aromatic N) is 2. The number of halogens is 2. The molecule has 2 saturated heterocycles. The van der Waals surface area contributed by atoms with E-state index in [0.29, 0.717) is 0 Å². The molecule has 1 aromatic carbocycles. The molecule has 120 valence electrons. The lowest BCUT2D eigenvalue weighted by Crippen LogP contribution is -2.63. The van der Waals surface area contributed by atoms with Gasteiger partial charge in [0.1, 0.15) is 5.72 Å². The van der Waals surface area contributed by atoms with E-state index in [1.807, 2.05) is 0 Å². The molecule has 3 rings (SSSR count). The Kier molecular flexibility index (Phi) is 7.40. The molecule has 1 aromatic rings. The highest BCUT2D eigenvalue weighted by Gasteiger charge is 2.38. The lowest BCUT2D eigenvalue weighted by Gasteiger charge is -2.47. The predicted octanol–water partition coefficient (Wildman–Crippen LogP) is 2.29. The Hall–Kier alpha value is -0.360. The van der Waals surface area contributed by atoms with Crippen molar-refractivity contribution in [2.45, 2.75) is 25.1 Å². The topological polar surface area (TPSA) is 27.7 Å².